The minimum Gasteiger partial charge on any atom is -0.489 e. The van der Waals surface area contributed by atoms with Gasteiger partial charge in [0.25, 0.3) is 0 Å². The molecule has 0 heterocycles. The Labute approximate surface area is 175 Å². The average Bonchev–Trinajstić information content (AvgIpc) is 2.69. The van der Waals surface area contributed by atoms with Crippen molar-refractivity contribution < 1.29 is 9.53 Å². The molecule has 2 unspecified atom stereocenters. The molecular formula is C27H34O2. The number of rotatable bonds is 4. The minimum atomic E-state index is -0.231. The Kier molecular flexibility index (Phi) is 5.09. The van der Waals surface area contributed by atoms with Gasteiger partial charge in [-0.05, 0) is 59.3 Å². The molecule has 0 bridgehead atoms. The molecule has 2 atom stereocenters. The van der Waals surface area contributed by atoms with Gasteiger partial charge in [0.2, 0.25) is 0 Å². The van der Waals surface area contributed by atoms with Gasteiger partial charge < -0.3 is 4.74 Å². The highest BCUT2D eigenvalue weighted by Gasteiger charge is 2.53. The number of hydrogen-bond acceptors (Lipinski definition) is 2. The summed E-state index contributed by atoms with van der Waals surface area (Å²) < 4.78 is 6.32. The number of fused-ring (bicyclic) bond motifs is 3. The van der Waals surface area contributed by atoms with E-state index in [1.807, 2.05) is 6.07 Å². The van der Waals surface area contributed by atoms with Crippen molar-refractivity contribution >= 4 is 5.78 Å². The highest BCUT2D eigenvalue weighted by Crippen LogP contribution is 2.57. The summed E-state index contributed by atoms with van der Waals surface area (Å²) in [6.07, 6.45) is 3.80. The van der Waals surface area contributed by atoms with Gasteiger partial charge in [0.05, 0.1) is 0 Å². The Hall–Kier alpha value is -2.09. The van der Waals surface area contributed by atoms with Crippen LogP contribution in [0.4, 0.5) is 0 Å². The van der Waals surface area contributed by atoms with E-state index in [4.69, 9.17) is 4.74 Å². The van der Waals surface area contributed by atoms with Gasteiger partial charge in [-0.15, -0.1) is 0 Å². The third-order valence-electron chi connectivity index (χ3n) is 7.66. The van der Waals surface area contributed by atoms with Crippen LogP contribution >= 0.6 is 0 Å². The van der Waals surface area contributed by atoms with E-state index >= 15 is 0 Å². The molecular weight excluding hydrogens is 356 g/mol. The SMILES string of the molecule is CC(C)c1c(OCc2ccccc2)ccc2c1CCC1C(C)(C)C(=O)CCC21C. The fraction of sp³-hybridized carbons (Fsp3) is 0.519. The lowest BCUT2D eigenvalue weighted by Crippen LogP contribution is -2.52. The van der Waals surface area contributed by atoms with Crippen molar-refractivity contribution in [2.75, 3.05) is 0 Å². The van der Waals surface area contributed by atoms with Gasteiger partial charge in [-0.2, -0.15) is 0 Å². The molecule has 154 valence electrons. The van der Waals surface area contributed by atoms with Crippen LogP contribution in [0.15, 0.2) is 42.5 Å². The maximum Gasteiger partial charge on any atom is 0.138 e. The molecule has 2 aromatic rings. The molecule has 0 radical (unpaired) electrons. The van der Waals surface area contributed by atoms with Crippen molar-refractivity contribution in [2.24, 2.45) is 11.3 Å². The largest absolute Gasteiger partial charge is 0.489 e. The molecule has 4 rings (SSSR count). The van der Waals surface area contributed by atoms with E-state index in [1.165, 1.54) is 22.3 Å². The second-order valence-electron chi connectivity index (χ2n) is 10.1. The number of benzene rings is 2. The van der Waals surface area contributed by atoms with E-state index in [1.54, 1.807) is 0 Å². The zero-order valence-electron chi connectivity index (χ0n) is 18.5. The number of carbonyl (C=O) groups is 1. The first-order valence-electron chi connectivity index (χ1n) is 11.1. The molecule has 2 aliphatic carbocycles. The second-order valence-corrected chi connectivity index (χ2v) is 10.1. The van der Waals surface area contributed by atoms with Crippen molar-refractivity contribution in [2.45, 2.75) is 78.2 Å². The third kappa shape index (κ3) is 3.31. The molecule has 1 fully saturated rings. The molecule has 0 saturated heterocycles. The van der Waals surface area contributed by atoms with Crippen LogP contribution in [0.25, 0.3) is 0 Å². The van der Waals surface area contributed by atoms with E-state index in [0.29, 0.717) is 30.6 Å². The van der Waals surface area contributed by atoms with Crippen molar-refractivity contribution in [3.63, 3.8) is 0 Å². The van der Waals surface area contributed by atoms with Crippen molar-refractivity contribution in [3.8, 4) is 5.75 Å². The topological polar surface area (TPSA) is 26.3 Å². The maximum atomic E-state index is 12.7. The van der Waals surface area contributed by atoms with E-state index in [-0.39, 0.29) is 10.8 Å². The number of ether oxygens (including phenoxy) is 1. The highest BCUT2D eigenvalue weighted by atomic mass is 16.5. The summed E-state index contributed by atoms with van der Waals surface area (Å²) in [5, 5.41) is 0. The number of ketones is 1. The van der Waals surface area contributed by atoms with Crippen LogP contribution in [-0.4, -0.2) is 5.78 Å². The fourth-order valence-electron chi connectivity index (χ4n) is 6.09. The summed E-state index contributed by atoms with van der Waals surface area (Å²) in [6, 6.07) is 14.9. The van der Waals surface area contributed by atoms with E-state index in [2.05, 4.69) is 71.0 Å². The van der Waals surface area contributed by atoms with E-state index in [0.717, 1.165) is 25.0 Å². The van der Waals surface area contributed by atoms with E-state index < -0.39 is 0 Å². The average molecular weight is 391 g/mol. The Bertz CT molecular complexity index is 910. The van der Waals surface area contributed by atoms with Crippen molar-refractivity contribution in [1.82, 2.24) is 0 Å². The van der Waals surface area contributed by atoms with Gasteiger partial charge in [0.15, 0.2) is 0 Å². The van der Waals surface area contributed by atoms with Gasteiger partial charge in [0.1, 0.15) is 18.1 Å². The standard InChI is InChI=1S/C27H34O2/c1-18(2)25-20-11-14-23-26(3,4)24(28)15-16-27(23,5)21(20)12-13-22(25)29-17-19-9-7-6-8-10-19/h6-10,12-13,18,23H,11,14-17H2,1-5H3. The van der Waals surface area contributed by atoms with Gasteiger partial charge in [0, 0.05) is 17.4 Å². The number of hydrogen-bond donors (Lipinski definition) is 0. The van der Waals surface area contributed by atoms with Crippen LogP contribution in [-0.2, 0) is 23.2 Å². The molecule has 0 amide bonds. The van der Waals surface area contributed by atoms with Crippen LogP contribution in [0.5, 0.6) is 5.75 Å². The Morgan fingerprint density at radius 1 is 1.03 bits per heavy atom. The predicted octanol–water partition coefficient (Wildman–Crippen LogP) is 6.60. The first-order chi connectivity index (χ1) is 13.7. The van der Waals surface area contributed by atoms with Crippen LogP contribution in [0.2, 0.25) is 0 Å². The van der Waals surface area contributed by atoms with Crippen molar-refractivity contribution in [1.29, 1.82) is 0 Å². The number of Topliss-reactive ketones (excluding diaryl/α,β-unsaturated/α-hetero) is 1. The molecule has 0 N–H and O–H groups in total. The molecule has 1 saturated carbocycles. The molecule has 2 aromatic carbocycles. The molecule has 0 aliphatic heterocycles. The Morgan fingerprint density at radius 3 is 2.45 bits per heavy atom. The zero-order valence-corrected chi connectivity index (χ0v) is 18.5. The second kappa shape index (κ2) is 7.31. The summed E-state index contributed by atoms with van der Waals surface area (Å²) in [5.41, 5.74) is 5.35. The van der Waals surface area contributed by atoms with Crippen LogP contribution < -0.4 is 4.74 Å². The summed E-state index contributed by atoms with van der Waals surface area (Å²) in [6.45, 7) is 11.9. The maximum absolute atomic E-state index is 12.7. The lowest BCUT2D eigenvalue weighted by atomic mass is 9.49. The lowest BCUT2D eigenvalue weighted by molar-refractivity contribution is -0.137. The first kappa shape index (κ1) is 20.2. The normalized spacial score (nSPS) is 25.4. The van der Waals surface area contributed by atoms with Crippen LogP contribution in [0.3, 0.4) is 0 Å². The smallest absolute Gasteiger partial charge is 0.138 e. The Balaban J connectivity index is 1.73. The zero-order chi connectivity index (χ0) is 20.8. The van der Waals surface area contributed by atoms with Gasteiger partial charge in [-0.3, -0.25) is 4.79 Å². The predicted molar refractivity (Wildman–Crippen MR) is 118 cm³/mol. The summed E-state index contributed by atoms with van der Waals surface area (Å²) in [7, 11) is 0. The highest BCUT2D eigenvalue weighted by molar-refractivity contribution is 5.86. The minimum absolute atomic E-state index is 0.0760. The number of carbonyl (C=O) groups excluding carboxylic acids is 1. The van der Waals surface area contributed by atoms with Gasteiger partial charge in [-0.1, -0.05) is 71.0 Å². The molecule has 2 heteroatoms. The molecule has 0 aromatic heterocycles. The monoisotopic (exact) mass is 390 g/mol. The molecule has 2 aliphatic rings. The lowest BCUT2D eigenvalue weighted by Gasteiger charge is -2.53. The quantitative estimate of drug-likeness (QED) is 0.588. The fourth-order valence-corrected chi connectivity index (χ4v) is 6.09. The molecule has 0 spiro atoms. The molecule has 2 nitrogen and oxygen atoms in total. The van der Waals surface area contributed by atoms with Crippen LogP contribution in [0, 0.1) is 11.3 Å². The Morgan fingerprint density at radius 2 is 1.76 bits per heavy atom. The van der Waals surface area contributed by atoms with Crippen molar-refractivity contribution in [3.05, 3.63) is 64.7 Å². The summed E-state index contributed by atoms with van der Waals surface area (Å²) >= 11 is 0. The van der Waals surface area contributed by atoms with Gasteiger partial charge >= 0.3 is 0 Å². The molecule has 29 heavy (non-hydrogen) atoms. The van der Waals surface area contributed by atoms with Crippen LogP contribution in [0.1, 0.15) is 82.1 Å². The van der Waals surface area contributed by atoms with E-state index in [9.17, 15) is 4.79 Å². The first-order valence-corrected chi connectivity index (χ1v) is 11.1. The summed E-state index contributed by atoms with van der Waals surface area (Å²) in [4.78, 5) is 12.7. The third-order valence-corrected chi connectivity index (χ3v) is 7.66. The van der Waals surface area contributed by atoms with Gasteiger partial charge in [-0.25, -0.2) is 0 Å². The summed E-state index contributed by atoms with van der Waals surface area (Å²) in [5.74, 6) is 2.29.